The quantitative estimate of drug-likeness (QED) is 0.309. The lowest BCUT2D eigenvalue weighted by Gasteiger charge is -2.34. The van der Waals surface area contributed by atoms with Gasteiger partial charge in [-0.3, -0.25) is 9.79 Å². The number of halogens is 1. The third-order valence-corrected chi connectivity index (χ3v) is 5.43. The maximum atomic E-state index is 11.7. The molecule has 0 bridgehead atoms. The van der Waals surface area contributed by atoms with E-state index in [1.165, 1.54) is 32.8 Å². The van der Waals surface area contributed by atoms with Gasteiger partial charge in [-0.2, -0.15) is 0 Å². The number of methoxy groups -OCH3 is 1. The summed E-state index contributed by atoms with van der Waals surface area (Å²) >= 11 is 0. The SMILES string of the molecule is CCNC(=NCC1CCCCC1C)N1CCC(C(=O)OC)CC1.I. The third kappa shape index (κ3) is 6.08. The van der Waals surface area contributed by atoms with Crippen molar-refractivity contribution in [2.24, 2.45) is 22.7 Å². The van der Waals surface area contributed by atoms with Crippen molar-refractivity contribution in [2.45, 2.75) is 52.4 Å². The van der Waals surface area contributed by atoms with Gasteiger partial charge >= 0.3 is 5.97 Å². The first-order chi connectivity index (χ1) is 11.2. The van der Waals surface area contributed by atoms with Crippen LogP contribution in [0.3, 0.4) is 0 Å². The number of aliphatic imine (C=N–C) groups is 1. The summed E-state index contributed by atoms with van der Waals surface area (Å²) in [5.41, 5.74) is 0. The molecule has 1 saturated heterocycles. The number of esters is 1. The molecule has 0 aromatic heterocycles. The summed E-state index contributed by atoms with van der Waals surface area (Å²) in [5.74, 6) is 2.53. The molecule has 2 rings (SSSR count). The van der Waals surface area contributed by atoms with Crippen LogP contribution in [-0.2, 0) is 9.53 Å². The smallest absolute Gasteiger partial charge is 0.308 e. The number of carbonyl (C=O) groups is 1. The van der Waals surface area contributed by atoms with Gasteiger partial charge in [0.25, 0.3) is 0 Å². The Labute approximate surface area is 164 Å². The van der Waals surface area contributed by atoms with Crippen molar-refractivity contribution < 1.29 is 9.53 Å². The Morgan fingerprint density at radius 3 is 2.46 bits per heavy atom. The number of piperidine rings is 1. The number of guanidine groups is 1. The zero-order valence-electron chi connectivity index (χ0n) is 15.4. The van der Waals surface area contributed by atoms with Crippen LogP contribution in [0.2, 0.25) is 0 Å². The molecule has 2 atom stereocenters. The van der Waals surface area contributed by atoms with Crippen molar-refractivity contribution in [1.29, 1.82) is 0 Å². The molecule has 6 heteroatoms. The van der Waals surface area contributed by atoms with Crippen LogP contribution in [0, 0.1) is 17.8 Å². The van der Waals surface area contributed by atoms with Gasteiger partial charge in [-0.25, -0.2) is 0 Å². The van der Waals surface area contributed by atoms with E-state index in [4.69, 9.17) is 9.73 Å². The fourth-order valence-corrected chi connectivity index (χ4v) is 3.79. The van der Waals surface area contributed by atoms with Crippen molar-refractivity contribution in [3.63, 3.8) is 0 Å². The van der Waals surface area contributed by atoms with E-state index >= 15 is 0 Å². The fraction of sp³-hybridized carbons (Fsp3) is 0.889. The zero-order chi connectivity index (χ0) is 16.7. The minimum absolute atomic E-state index is 0. The van der Waals surface area contributed by atoms with Gasteiger partial charge in [0.05, 0.1) is 13.0 Å². The van der Waals surface area contributed by atoms with Crippen molar-refractivity contribution in [3.05, 3.63) is 0 Å². The molecular formula is C18H34IN3O2. The van der Waals surface area contributed by atoms with Crippen molar-refractivity contribution in [1.82, 2.24) is 10.2 Å². The van der Waals surface area contributed by atoms with Gasteiger partial charge in [0.15, 0.2) is 5.96 Å². The molecule has 1 saturated carbocycles. The van der Waals surface area contributed by atoms with Crippen LogP contribution >= 0.6 is 24.0 Å². The van der Waals surface area contributed by atoms with Gasteiger partial charge in [0.1, 0.15) is 0 Å². The van der Waals surface area contributed by atoms with E-state index in [1.807, 2.05) is 0 Å². The molecule has 0 amide bonds. The molecule has 1 aliphatic heterocycles. The zero-order valence-corrected chi connectivity index (χ0v) is 17.8. The Kier molecular flexibility index (Phi) is 10.0. The number of hydrogen-bond donors (Lipinski definition) is 1. The Morgan fingerprint density at radius 1 is 1.21 bits per heavy atom. The van der Waals surface area contributed by atoms with E-state index in [-0.39, 0.29) is 35.9 Å². The van der Waals surface area contributed by atoms with E-state index in [2.05, 4.69) is 24.1 Å². The molecule has 1 heterocycles. The van der Waals surface area contributed by atoms with Crippen molar-refractivity contribution in [3.8, 4) is 0 Å². The first-order valence-corrected chi connectivity index (χ1v) is 9.26. The fourth-order valence-electron chi connectivity index (χ4n) is 3.79. The minimum Gasteiger partial charge on any atom is -0.469 e. The first-order valence-electron chi connectivity index (χ1n) is 9.26. The topological polar surface area (TPSA) is 53.9 Å². The molecule has 0 spiro atoms. The summed E-state index contributed by atoms with van der Waals surface area (Å²) in [4.78, 5) is 18.9. The van der Waals surface area contributed by atoms with Crippen LogP contribution in [0.15, 0.2) is 4.99 Å². The number of hydrogen-bond acceptors (Lipinski definition) is 3. The van der Waals surface area contributed by atoms with Gasteiger partial charge in [-0.15, -0.1) is 24.0 Å². The number of nitrogens with one attached hydrogen (secondary N) is 1. The summed E-state index contributed by atoms with van der Waals surface area (Å²) in [6, 6.07) is 0. The van der Waals surface area contributed by atoms with Gasteiger partial charge in [0, 0.05) is 26.2 Å². The molecule has 0 aromatic rings. The molecule has 2 aliphatic rings. The molecule has 5 nitrogen and oxygen atoms in total. The summed E-state index contributed by atoms with van der Waals surface area (Å²) in [6.45, 7) is 8.06. The van der Waals surface area contributed by atoms with Crippen LogP contribution in [0.1, 0.15) is 52.4 Å². The van der Waals surface area contributed by atoms with E-state index in [1.54, 1.807) is 0 Å². The Morgan fingerprint density at radius 2 is 1.88 bits per heavy atom. The Bertz CT molecular complexity index is 409. The summed E-state index contributed by atoms with van der Waals surface area (Å²) < 4.78 is 4.87. The highest BCUT2D eigenvalue weighted by atomic mass is 127. The average Bonchev–Trinajstić information content (AvgIpc) is 2.59. The van der Waals surface area contributed by atoms with Gasteiger partial charge < -0.3 is 15.0 Å². The maximum absolute atomic E-state index is 11.7. The highest BCUT2D eigenvalue weighted by Gasteiger charge is 2.27. The molecule has 2 fully saturated rings. The van der Waals surface area contributed by atoms with E-state index in [0.29, 0.717) is 0 Å². The second kappa shape index (κ2) is 11.2. The maximum Gasteiger partial charge on any atom is 0.308 e. The number of nitrogens with zero attached hydrogens (tertiary/aromatic N) is 2. The number of ether oxygens (including phenoxy) is 1. The summed E-state index contributed by atoms with van der Waals surface area (Å²) in [5, 5.41) is 3.42. The molecule has 0 radical (unpaired) electrons. The van der Waals surface area contributed by atoms with E-state index < -0.39 is 0 Å². The van der Waals surface area contributed by atoms with Crippen LogP contribution in [-0.4, -0.2) is 50.1 Å². The lowest BCUT2D eigenvalue weighted by Crippen LogP contribution is -2.47. The van der Waals surface area contributed by atoms with Crippen LogP contribution in [0.25, 0.3) is 0 Å². The highest BCUT2D eigenvalue weighted by Crippen LogP contribution is 2.29. The van der Waals surface area contributed by atoms with Crippen LogP contribution in [0.4, 0.5) is 0 Å². The van der Waals surface area contributed by atoms with Crippen LogP contribution in [0.5, 0.6) is 0 Å². The monoisotopic (exact) mass is 451 g/mol. The van der Waals surface area contributed by atoms with Crippen molar-refractivity contribution in [2.75, 3.05) is 33.3 Å². The second-order valence-corrected chi connectivity index (χ2v) is 7.00. The number of carbonyl (C=O) groups excluding carboxylic acids is 1. The third-order valence-electron chi connectivity index (χ3n) is 5.43. The Hall–Kier alpha value is -0.530. The largest absolute Gasteiger partial charge is 0.469 e. The molecule has 0 aromatic carbocycles. The average molecular weight is 451 g/mol. The summed E-state index contributed by atoms with van der Waals surface area (Å²) in [6.07, 6.45) is 7.11. The first kappa shape index (κ1) is 21.5. The van der Waals surface area contributed by atoms with Crippen LogP contribution < -0.4 is 5.32 Å². The standard InChI is InChI=1S/C18H33N3O2.HI/c1-4-19-18(20-13-16-8-6-5-7-14(16)2)21-11-9-15(10-12-21)17(22)23-3;/h14-16H,4-13H2,1-3H3,(H,19,20);1H. The molecule has 2 unspecified atom stereocenters. The second-order valence-electron chi connectivity index (χ2n) is 7.00. The molecule has 1 N–H and O–H groups in total. The predicted molar refractivity (Wildman–Crippen MR) is 109 cm³/mol. The van der Waals surface area contributed by atoms with Gasteiger partial charge in [-0.1, -0.05) is 26.2 Å². The number of likely N-dealkylation sites (tertiary alicyclic amines) is 1. The predicted octanol–water partition coefficient (Wildman–Crippen LogP) is 3.28. The number of rotatable bonds is 4. The van der Waals surface area contributed by atoms with E-state index in [0.717, 1.165) is 56.8 Å². The van der Waals surface area contributed by atoms with Gasteiger partial charge in [0.2, 0.25) is 0 Å². The summed E-state index contributed by atoms with van der Waals surface area (Å²) in [7, 11) is 1.48. The molecule has 24 heavy (non-hydrogen) atoms. The highest BCUT2D eigenvalue weighted by molar-refractivity contribution is 14.0. The Balaban J connectivity index is 0.00000288. The molecule has 140 valence electrons. The molecule has 1 aliphatic carbocycles. The van der Waals surface area contributed by atoms with Crippen molar-refractivity contribution >= 4 is 35.9 Å². The lowest BCUT2D eigenvalue weighted by atomic mass is 9.80. The van der Waals surface area contributed by atoms with Gasteiger partial charge in [-0.05, 0) is 38.0 Å². The molecular weight excluding hydrogens is 417 g/mol. The lowest BCUT2D eigenvalue weighted by molar-refractivity contribution is -0.146. The minimum atomic E-state index is -0.0670. The normalized spacial score (nSPS) is 25.8. The van der Waals surface area contributed by atoms with E-state index in [9.17, 15) is 4.79 Å².